The predicted molar refractivity (Wildman–Crippen MR) is 78.2 cm³/mol. The minimum Gasteiger partial charge on any atom is -0.300 e. The lowest BCUT2D eigenvalue weighted by Gasteiger charge is -2.22. The van der Waals surface area contributed by atoms with Gasteiger partial charge in [-0.05, 0) is 31.3 Å². The van der Waals surface area contributed by atoms with Gasteiger partial charge in [-0.25, -0.2) is 8.42 Å². The Morgan fingerprint density at radius 3 is 2.45 bits per heavy atom. The molecular weight excluding hydrogens is 273 g/mol. The number of rotatable bonds is 2. The lowest BCUT2D eigenvalue weighted by atomic mass is 9.79. The Hall–Kier alpha value is -1.14. The molecule has 106 valence electrons. The molecule has 0 aromatic heterocycles. The van der Waals surface area contributed by atoms with Crippen molar-refractivity contribution in [2.24, 2.45) is 5.92 Å². The second-order valence-electron chi connectivity index (χ2n) is 5.37. The highest BCUT2D eigenvalue weighted by Gasteiger charge is 2.32. The van der Waals surface area contributed by atoms with E-state index < -0.39 is 15.8 Å². The molecule has 0 spiro atoms. The van der Waals surface area contributed by atoms with E-state index in [0.717, 1.165) is 5.56 Å². The lowest BCUT2D eigenvalue weighted by molar-refractivity contribution is -0.121. The van der Waals surface area contributed by atoms with E-state index in [0.29, 0.717) is 13.0 Å². The number of Topliss-reactive ketones (excluding diaryl/α,β-unsaturated/α-hetero) is 1. The highest BCUT2D eigenvalue weighted by atomic mass is 32.2. The molecule has 1 heterocycles. The number of hydrogen-bond donors (Lipinski definition) is 0. The molecule has 6 heteroatoms. The van der Waals surface area contributed by atoms with E-state index in [9.17, 15) is 13.2 Å². The van der Waals surface area contributed by atoms with Gasteiger partial charge in [-0.15, -0.1) is 0 Å². The second kappa shape index (κ2) is 5.70. The van der Waals surface area contributed by atoms with Gasteiger partial charge in [0.05, 0.1) is 12.7 Å². The van der Waals surface area contributed by atoms with Crippen LogP contribution in [0, 0.1) is 12.8 Å². The van der Waals surface area contributed by atoms with Crippen molar-refractivity contribution in [3.05, 3.63) is 29.8 Å². The Bertz CT molecular complexity index is 597. The van der Waals surface area contributed by atoms with Gasteiger partial charge in [-0.2, -0.15) is 4.31 Å². The maximum absolute atomic E-state index is 12.6. The lowest BCUT2D eigenvalue weighted by Crippen LogP contribution is -2.34. The minimum absolute atomic E-state index is 0.0549. The van der Waals surface area contributed by atoms with Crippen LogP contribution in [0.5, 0.6) is 0 Å². The maximum Gasteiger partial charge on any atom is 0.243 e. The summed E-state index contributed by atoms with van der Waals surface area (Å²) >= 11 is 0. The van der Waals surface area contributed by atoms with Crippen molar-refractivity contribution in [3.63, 3.8) is 0 Å². The second-order valence-corrected chi connectivity index (χ2v) is 7.31. The zero-order valence-electron chi connectivity index (χ0n) is 11.7. The van der Waals surface area contributed by atoms with Gasteiger partial charge in [0.2, 0.25) is 10.0 Å². The minimum atomic E-state index is -3.58. The van der Waals surface area contributed by atoms with Crippen molar-refractivity contribution in [2.45, 2.75) is 31.0 Å². The molecule has 0 N–H and O–H groups in total. The third-order valence-corrected chi connectivity index (χ3v) is 5.60. The third-order valence-electron chi connectivity index (χ3n) is 3.72. The van der Waals surface area contributed by atoms with Crippen molar-refractivity contribution >= 4 is 23.7 Å². The van der Waals surface area contributed by atoms with E-state index in [1.54, 1.807) is 31.2 Å². The number of sulfonamides is 1. The van der Waals surface area contributed by atoms with Gasteiger partial charge in [0, 0.05) is 19.0 Å². The summed E-state index contributed by atoms with van der Waals surface area (Å²) in [6.45, 7) is 4.08. The third kappa shape index (κ3) is 2.96. The molecule has 1 aliphatic heterocycles. The number of hydrogen-bond acceptors (Lipinski definition) is 3. The predicted octanol–water partition coefficient (Wildman–Crippen LogP) is 1.55. The normalized spacial score (nSPS) is 25.4. The summed E-state index contributed by atoms with van der Waals surface area (Å²) in [5, 5.41) is 0. The first-order valence-corrected chi connectivity index (χ1v) is 8.12. The van der Waals surface area contributed by atoms with Gasteiger partial charge in [-0.1, -0.05) is 24.6 Å². The summed E-state index contributed by atoms with van der Waals surface area (Å²) in [6, 6.07) is 6.70. The van der Waals surface area contributed by atoms with Crippen LogP contribution in [0.4, 0.5) is 0 Å². The van der Waals surface area contributed by atoms with Gasteiger partial charge in [0.25, 0.3) is 0 Å². The molecule has 1 aromatic carbocycles. The molecular formula is C14H18BNO3S. The van der Waals surface area contributed by atoms with Gasteiger partial charge in [-0.3, -0.25) is 4.79 Å². The summed E-state index contributed by atoms with van der Waals surface area (Å²) in [5.74, 6) is -0.998. The summed E-state index contributed by atoms with van der Waals surface area (Å²) < 4.78 is 26.5. The van der Waals surface area contributed by atoms with Gasteiger partial charge in [0.1, 0.15) is 5.78 Å². The zero-order chi connectivity index (χ0) is 14.9. The molecule has 0 saturated carbocycles. The molecule has 4 nitrogen and oxygen atoms in total. The Morgan fingerprint density at radius 2 is 1.85 bits per heavy atom. The zero-order valence-corrected chi connectivity index (χ0v) is 12.6. The monoisotopic (exact) mass is 291 g/mol. The van der Waals surface area contributed by atoms with Crippen LogP contribution in [0.25, 0.3) is 0 Å². The van der Waals surface area contributed by atoms with E-state index >= 15 is 0 Å². The molecule has 1 fully saturated rings. The first-order chi connectivity index (χ1) is 9.32. The summed E-state index contributed by atoms with van der Waals surface area (Å²) in [4.78, 5) is 12.1. The van der Waals surface area contributed by atoms with E-state index in [4.69, 9.17) is 7.85 Å². The standard InChI is InChI=1S/C14H18BNO3S/c1-10-3-5-12(6-4-10)20(18,19)16-8-7-11(2)14(17)13(15)9-16/h3-6,11,13H,7-9H2,1-2H3. The summed E-state index contributed by atoms with van der Waals surface area (Å²) in [7, 11) is 2.22. The van der Waals surface area contributed by atoms with Crippen LogP contribution in [0.1, 0.15) is 18.9 Å². The van der Waals surface area contributed by atoms with E-state index in [1.165, 1.54) is 4.31 Å². The van der Waals surface area contributed by atoms with Crippen molar-refractivity contribution < 1.29 is 13.2 Å². The highest BCUT2D eigenvalue weighted by molar-refractivity contribution is 7.89. The van der Waals surface area contributed by atoms with Gasteiger partial charge in [0.15, 0.2) is 0 Å². The molecule has 2 unspecified atom stereocenters. The first-order valence-electron chi connectivity index (χ1n) is 6.68. The number of aryl methyl sites for hydroxylation is 1. The summed E-state index contributed by atoms with van der Waals surface area (Å²) in [5.41, 5.74) is 1.00. The number of nitrogens with zero attached hydrogens (tertiary/aromatic N) is 1. The van der Waals surface area contributed by atoms with Crippen LogP contribution in [0.15, 0.2) is 29.2 Å². The fraction of sp³-hybridized carbons (Fsp3) is 0.500. The molecule has 0 bridgehead atoms. The highest BCUT2D eigenvalue weighted by Crippen LogP contribution is 2.25. The van der Waals surface area contributed by atoms with Crippen LogP contribution in [-0.2, 0) is 14.8 Å². The molecule has 1 saturated heterocycles. The number of carbonyl (C=O) groups excluding carboxylic acids is 1. The number of ketones is 1. The quantitative estimate of drug-likeness (QED) is 0.777. The van der Waals surface area contributed by atoms with Gasteiger partial charge < -0.3 is 0 Å². The molecule has 1 aliphatic rings. The SMILES string of the molecule is [B]C1CN(S(=O)(=O)c2ccc(C)cc2)CCC(C)C1=O. The van der Waals surface area contributed by atoms with Crippen molar-refractivity contribution in [1.82, 2.24) is 4.31 Å². The Kier molecular flexibility index (Phi) is 4.35. The van der Waals surface area contributed by atoms with Crippen LogP contribution < -0.4 is 0 Å². The van der Waals surface area contributed by atoms with Crippen molar-refractivity contribution in [2.75, 3.05) is 13.1 Å². The Labute approximate surface area is 121 Å². The fourth-order valence-electron chi connectivity index (χ4n) is 2.32. The maximum atomic E-state index is 12.6. The largest absolute Gasteiger partial charge is 0.300 e. The fourth-order valence-corrected chi connectivity index (χ4v) is 3.80. The van der Waals surface area contributed by atoms with E-state index in [1.807, 2.05) is 6.92 Å². The molecule has 2 atom stereocenters. The van der Waals surface area contributed by atoms with E-state index in [-0.39, 0.29) is 23.1 Å². The van der Waals surface area contributed by atoms with Gasteiger partial charge >= 0.3 is 0 Å². The van der Waals surface area contributed by atoms with Crippen LogP contribution in [-0.4, -0.2) is 39.4 Å². The van der Waals surface area contributed by atoms with Crippen molar-refractivity contribution in [3.8, 4) is 0 Å². The Morgan fingerprint density at radius 1 is 1.25 bits per heavy atom. The van der Waals surface area contributed by atoms with Crippen molar-refractivity contribution in [1.29, 1.82) is 0 Å². The van der Waals surface area contributed by atoms with E-state index in [2.05, 4.69) is 0 Å². The average Bonchev–Trinajstić information content (AvgIpc) is 2.53. The average molecular weight is 291 g/mol. The first kappa shape index (κ1) is 15.3. The molecule has 2 radical (unpaired) electrons. The molecule has 0 aliphatic carbocycles. The Balaban J connectivity index is 2.29. The molecule has 1 aromatic rings. The molecule has 20 heavy (non-hydrogen) atoms. The topological polar surface area (TPSA) is 54.5 Å². The molecule has 2 rings (SSSR count). The smallest absolute Gasteiger partial charge is 0.243 e. The van der Waals surface area contributed by atoms with Crippen LogP contribution in [0.2, 0.25) is 5.82 Å². The van der Waals surface area contributed by atoms with Crippen LogP contribution >= 0.6 is 0 Å². The number of carbonyl (C=O) groups is 1. The number of benzene rings is 1. The summed E-state index contributed by atoms with van der Waals surface area (Å²) in [6.07, 6.45) is 0.512. The molecule has 0 amide bonds. The van der Waals surface area contributed by atoms with Crippen LogP contribution in [0.3, 0.4) is 0 Å².